The van der Waals surface area contributed by atoms with Crippen LogP contribution in [0.3, 0.4) is 0 Å². The van der Waals surface area contributed by atoms with Gasteiger partial charge < -0.3 is 20.3 Å². The molecule has 0 unspecified atom stereocenters. The molecule has 2 N–H and O–H groups in total. The summed E-state index contributed by atoms with van der Waals surface area (Å²) in [5, 5.41) is 6.16. The van der Waals surface area contributed by atoms with E-state index in [9.17, 15) is 14.4 Å². The molecule has 3 heterocycles. The SMILES string of the molecule is CNC(=O)C1CCN(c2nc3ncn(CC(=O)Nc4ccccc4OC)c(=O)c3s2)CC1. The van der Waals surface area contributed by atoms with E-state index in [0.717, 1.165) is 12.8 Å². The predicted octanol–water partition coefficient (Wildman–Crippen LogP) is 1.46. The lowest BCUT2D eigenvalue weighted by Gasteiger charge is -2.30. The number of nitrogens with zero attached hydrogens (tertiary/aromatic N) is 4. The number of methoxy groups -OCH3 is 1. The molecule has 168 valence electrons. The second kappa shape index (κ2) is 9.35. The van der Waals surface area contributed by atoms with Crippen LogP contribution in [0.5, 0.6) is 5.75 Å². The van der Waals surface area contributed by atoms with E-state index in [1.165, 1.54) is 29.3 Å². The zero-order valence-corrected chi connectivity index (χ0v) is 18.6. The number of benzene rings is 1. The molecule has 1 aliphatic heterocycles. The van der Waals surface area contributed by atoms with Crippen molar-refractivity contribution in [2.75, 3.05) is 37.5 Å². The first-order valence-electron chi connectivity index (χ1n) is 10.3. The molecule has 1 aromatic carbocycles. The van der Waals surface area contributed by atoms with Crippen molar-refractivity contribution in [1.29, 1.82) is 0 Å². The van der Waals surface area contributed by atoms with Gasteiger partial charge in [-0.3, -0.25) is 19.0 Å². The van der Waals surface area contributed by atoms with E-state index in [4.69, 9.17) is 4.74 Å². The van der Waals surface area contributed by atoms with Gasteiger partial charge >= 0.3 is 0 Å². The first kappa shape index (κ1) is 21.8. The van der Waals surface area contributed by atoms with E-state index >= 15 is 0 Å². The van der Waals surface area contributed by atoms with Gasteiger partial charge in [-0.1, -0.05) is 23.5 Å². The van der Waals surface area contributed by atoms with E-state index in [0.29, 0.717) is 40.0 Å². The number of amides is 2. The van der Waals surface area contributed by atoms with Crippen LogP contribution in [-0.2, 0) is 16.1 Å². The molecular formula is C21H24N6O4S. The van der Waals surface area contributed by atoms with Gasteiger partial charge in [0.1, 0.15) is 23.3 Å². The van der Waals surface area contributed by atoms with E-state index in [2.05, 4.69) is 25.5 Å². The zero-order valence-electron chi connectivity index (χ0n) is 17.8. The number of piperidine rings is 1. The highest BCUT2D eigenvalue weighted by molar-refractivity contribution is 7.22. The van der Waals surface area contributed by atoms with Crippen LogP contribution in [0.1, 0.15) is 12.8 Å². The predicted molar refractivity (Wildman–Crippen MR) is 122 cm³/mol. The molecule has 2 aromatic heterocycles. The van der Waals surface area contributed by atoms with Crippen molar-refractivity contribution in [2.45, 2.75) is 19.4 Å². The zero-order chi connectivity index (χ0) is 22.7. The number of carbonyl (C=O) groups excluding carboxylic acids is 2. The molecule has 0 radical (unpaired) electrons. The molecule has 1 fully saturated rings. The molecule has 1 aliphatic rings. The molecule has 2 amide bonds. The molecule has 4 rings (SSSR count). The monoisotopic (exact) mass is 456 g/mol. The quantitative estimate of drug-likeness (QED) is 0.576. The van der Waals surface area contributed by atoms with E-state index in [1.54, 1.807) is 31.3 Å². The molecule has 11 heteroatoms. The number of aromatic nitrogens is 3. The molecule has 0 saturated carbocycles. The maximum absolute atomic E-state index is 12.9. The summed E-state index contributed by atoms with van der Waals surface area (Å²) < 4.78 is 6.91. The lowest BCUT2D eigenvalue weighted by molar-refractivity contribution is -0.125. The van der Waals surface area contributed by atoms with Gasteiger partial charge in [0.2, 0.25) is 11.8 Å². The van der Waals surface area contributed by atoms with Crippen molar-refractivity contribution in [1.82, 2.24) is 19.9 Å². The van der Waals surface area contributed by atoms with Crippen LogP contribution in [0.25, 0.3) is 10.3 Å². The number of nitrogens with one attached hydrogen (secondary N) is 2. The van der Waals surface area contributed by atoms with Crippen LogP contribution in [-0.4, -0.2) is 53.6 Å². The van der Waals surface area contributed by atoms with Crippen molar-refractivity contribution < 1.29 is 14.3 Å². The standard InChI is InChI=1S/C21H24N6O4S/c1-22-19(29)13-7-9-26(10-8-13)21-25-18-17(32-21)20(30)27(12-23-18)11-16(28)24-14-5-3-4-6-15(14)31-2/h3-6,12-13H,7-11H2,1-2H3,(H,22,29)(H,24,28). The minimum atomic E-state index is -0.362. The van der Waals surface area contributed by atoms with Crippen LogP contribution >= 0.6 is 11.3 Å². The normalized spacial score (nSPS) is 14.4. The Morgan fingerprint density at radius 1 is 1.25 bits per heavy atom. The fourth-order valence-electron chi connectivity index (χ4n) is 3.71. The Hall–Kier alpha value is -3.47. The van der Waals surface area contributed by atoms with Crippen LogP contribution < -0.4 is 25.8 Å². The summed E-state index contributed by atoms with van der Waals surface area (Å²) in [5.74, 6) is 0.237. The van der Waals surface area contributed by atoms with Crippen molar-refractivity contribution >= 4 is 44.3 Å². The van der Waals surface area contributed by atoms with Gasteiger partial charge in [-0.25, -0.2) is 4.98 Å². The molecule has 0 bridgehead atoms. The topological polar surface area (TPSA) is 118 Å². The molecule has 0 spiro atoms. The number of para-hydroxylation sites is 2. The Morgan fingerprint density at radius 3 is 2.72 bits per heavy atom. The number of carbonyl (C=O) groups is 2. The second-order valence-electron chi connectivity index (χ2n) is 7.45. The van der Waals surface area contributed by atoms with Crippen LogP contribution in [0.2, 0.25) is 0 Å². The molecule has 0 aliphatic carbocycles. The number of ether oxygens (including phenoxy) is 1. The van der Waals surface area contributed by atoms with Gasteiger partial charge in [0.05, 0.1) is 12.8 Å². The van der Waals surface area contributed by atoms with Crippen molar-refractivity contribution in [3.8, 4) is 5.75 Å². The average Bonchev–Trinajstić information content (AvgIpc) is 3.26. The van der Waals surface area contributed by atoms with Gasteiger partial charge in [0.25, 0.3) is 5.56 Å². The molecule has 10 nitrogen and oxygen atoms in total. The number of thiazole rings is 1. The molecule has 32 heavy (non-hydrogen) atoms. The first-order chi connectivity index (χ1) is 15.5. The summed E-state index contributed by atoms with van der Waals surface area (Å²) in [7, 11) is 3.17. The summed E-state index contributed by atoms with van der Waals surface area (Å²) in [6.07, 6.45) is 2.81. The summed E-state index contributed by atoms with van der Waals surface area (Å²) in [6, 6.07) is 7.06. The third kappa shape index (κ3) is 4.42. The summed E-state index contributed by atoms with van der Waals surface area (Å²) in [5.41, 5.74) is 0.585. The van der Waals surface area contributed by atoms with Crippen LogP contribution in [0.15, 0.2) is 35.4 Å². The third-order valence-electron chi connectivity index (χ3n) is 5.45. The molecular weight excluding hydrogens is 432 g/mol. The van der Waals surface area contributed by atoms with Gasteiger partial charge in [-0.15, -0.1) is 0 Å². The van der Waals surface area contributed by atoms with Gasteiger partial charge in [0, 0.05) is 26.1 Å². The van der Waals surface area contributed by atoms with Crippen LogP contribution in [0, 0.1) is 5.92 Å². The number of hydrogen-bond donors (Lipinski definition) is 2. The molecule has 0 atom stereocenters. The maximum Gasteiger partial charge on any atom is 0.273 e. The van der Waals surface area contributed by atoms with Crippen molar-refractivity contribution in [2.24, 2.45) is 5.92 Å². The maximum atomic E-state index is 12.9. The first-order valence-corrected chi connectivity index (χ1v) is 11.1. The highest BCUT2D eigenvalue weighted by Crippen LogP contribution is 2.29. The number of rotatable bonds is 6. The van der Waals surface area contributed by atoms with Gasteiger partial charge in [0.15, 0.2) is 10.8 Å². The second-order valence-corrected chi connectivity index (χ2v) is 8.43. The van der Waals surface area contributed by atoms with E-state index in [-0.39, 0.29) is 29.8 Å². The van der Waals surface area contributed by atoms with E-state index in [1.807, 2.05) is 0 Å². The summed E-state index contributed by atoms with van der Waals surface area (Å²) in [4.78, 5) is 48.1. The fraction of sp³-hybridized carbons (Fsp3) is 0.381. The molecule has 3 aromatic rings. The summed E-state index contributed by atoms with van der Waals surface area (Å²) in [6.45, 7) is 1.20. The Kier molecular flexibility index (Phi) is 6.35. The van der Waals surface area contributed by atoms with E-state index < -0.39 is 0 Å². The lowest BCUT2D eigenvalue weighted by atomic mass is 9.96. The number of anilines is 2. The van der Waals surface area contributed by atoms with Crippen molar-refractivity contribution in [3.05, 3.63) is 40.9 Å². The lowest BCUT2D eigenvalue weighted by Crippen LogP contribution is -2.39. The Morgan fingerprint density at radius 2 is 2.00 bits per heavy atom. The van der Waals surface area contributed by atoms with Gasteiger partial charge in [-0.2, -0.15) is 4.98 Å². The average molecular weight is 457 g/mol. The van der Waals surface area contributed by atoms with Crippen LogP contribution in [0.4, 0.5) is 10.8 Å². The smallest absolute Gasteiger partial charge is 0.273 e. The third-order valence-corrected chi connectivity index (χ3v) is 6.54. The largest absolute Gasteiger partial charge is 0.495 e. The minimum Gasteiger partial charge on any atom is -0.495 e. The highest BCUT2D eigenvalue weighted by Gasteiger charge is 2.26. The highest BCUT2D eigenvalue weighted by atomic mass is 32.1. The molecule has 1 saturated heterocycles. The Bertz CT molecular complexity index is 1200. The Balaban J connectivity index is 1.48. The summed E-state index contributed by atoms with van der Waals surface area (Å²) >= 11 is 1.26. The number of hydrogen-bond acceptors (Lipinski definition) is 8. The Labute approximate surface area is 188 Å². The van der Waals surface area contributed by atoms with Crippen molar-refractivity contribution in [3.63, 3.8) is 0 Å². The van der Waals surface area contributed by atoms with Gasteiger partial charge in [-0.05, 0) is 25.0 Å². The number of fused-ring (bicyclic) bond motifs is 1. The minimum absolute atomic E-state index is 0.00253. The fourth-order valence-corrected chi connectivity index (χ4v) is 4.73.